The lowest BCUT2D eigenvalue weighted by atomic mass is 9.91. The highest BCUT2D eigenvalue weighted by molar-refractivity contribution is 5.44. The van der Waals surface area contributed by atoms with Gasteiger partial charge in [0.25, 0.3) is 0 Å². The predicted molar refractivity (Wildman–Crippen MR) is 61.8 cm³/mol. The van der Waals surface area contributed by atoms with Gasteiger partial charge in [0, 0.05) is 18.2 Å². The number of imidazole rings is 1. The van der Waals surface area contributed by atoms with Crippen LogP contribution in [0.15, 0.2) is 24.4 Å². The summed E-state index contributed by atoms with van der Waals surface area (Å²) in [6.45, 7) is 7.01. The molecule has 2 aromatic heterocycles. The third-order valence-electron chi connectivity index (χ3n) is 2.53. The van der Waals surface area contributed by atoms with Gasteiger partial charge in [-0.05, 0) is 12.1 Å². The smallest absolute Gasteiger partial charge is 0.137 e. The summed E-state index contributed by atoms with van der Waals surface area (Å²) in [6, 6.07) is 6.00. The highest BCUT2D eigenvalue weighted by atomic mass is 15.0. The molecule has 0 aliphatic rings. The van der Waals surface area contributed by atoms with Gasteiger partial charge in [0.05, 0.1) is 11.4 Å². The molecule has 80 valence electrons. The highest BCUT2D eigenvalue weighted by Gasteiger charge is 2.22. The van der Waals surface area contributed by atoms with Crippen LogP contribution < -0.4 is 5.73 Å². The van der Waals surface area contributed by atoms with Gasteiger partial charge in [-0.1, -0.05) is 26.8 Å². The van der Waals surface area contributed by atoms with Crippen LogP contribution in [0.3, 0.4) is 0 Å². The van der Waals surface area contributed by atoms with Crippen molar-refractivity contribution < 1.29 is 0 Å². The Balaban J connectivity index is 2.75. The molecule has 0 amide bonds. The minimum absolute atomic E-state index is 0.0424. The SMILES string of the molecule is CC(C)(C)c1nc2ccccn2c1CN. The van der Waals surface area contributed by atoms with Crippen LogP contribution in [0.1, 0.15) is 32.2 Å². The standard InChI is InChI=1S/C12H17N3/c1-12(2,3)11-9(8-13)15-7-5-4-6-10(15)14-11/h4-7H,8,13H2,1-3H3. The summed E-state index contributed by atoms with van der Waals surface area (Å²) >= 11 is 0. The van der Waals surface area contributed by atoms with Crippen molar-refractivity contribution in [2.45, 2.75) is 32.7 Å². The maximum atomic E-state index is 5.80. The summed E-state index contributed by atoms with van der Waals surface area (Å²) in [7, 11) is 0. The Morgan fingerprint density at radius 3 is 2.67 bits per heavy atom. The molecule has 0 fully saturated rings. The van der Waals surface area contributed by atoms with Crippen molar-refractivity contribution in [3.05, 3.63) is 35.8 Å². The Kier molecular flexibility index (Phi) is 2.27. The molecule has 2 heterocycles. The van der Waals surface area contributed by atoms with E-state index in [0.29, 0.717) is 6.54 Å². The first kappa shape index (κ1) is 10.2. The molecule has 2 rings (SSSR count). The molecule has 2 aromatic rings. The fourth-order valence-corrected chi connectivity index (χ4v) is 1.84. The fraction of sp³-hybridized carbons (Fsp3) is 0.417. The summed E-state index contributed by atoms with van der Waals surface area (Å²) in [4.78, 5) is 4.64. The first-order valence-corrected chi connectivity index (χ1v) is 5.20. The van der Waals surface area contributed by atoms with E-state index in [-0.39, 0.29) is 5.41 Å². The van der Waals surface area contributed by atoms with Gasteiger partial charge >= 0.3 is 0 Å². The molecular formula is C12H17N3. The van der Waals surface area contributed by atoms with Crippen LogP contribution in [-0.4, -0.2) is 9.38 Å². The lowest BCUT2D eigenvalue weighted by molar-refractivity contribution is 0.564. The van der Waals surface area contributed by atoms with Crippen LogP contribution in [0.5, 0.6) is 0 Å². The van der Waals surface area contributed by atoms with Gasteiger partial charge in [-0.25, -0.2) is 4.98 Å². The van der Waals surface area contributed by atoms with E-state index in [1.807, 2.05) is 24.4 Å². The molecule has 0 saturated carbocycles. The molecule has 0 atom stereocenters. The first-order valence-electron chi connectivity index (χ1n) is 5.20. The molecule has 15 heavy (non-hydrogen) atoms. The number of nitrogens with zero attached hydrogens (tertiary/aromatic N) is 2. The molecule has 2 N–H and O–H groups in total. The lowest BCUT2D eigenvalue weighted by Crippen LogP contribution is -2.16. The van der Waals surface area contributed by atoms with Gasteiger partial charge < -0.3 is 10.1 Å². The largest absolute Gasteiger partial charge is 0.325 e. The number of nitrogens with two attached hydrogens (primary N) is 1. The normalized spacial score (nSPS) is 12.3. The van der Waals surface area contributed by atoms with E-state index < -0.39 is 0 Å². The predicted octanol–water partition coefficient (Wildman–Crippen LogP) is 2.09. The maximum absolute atomic E-state index is 5.80. The van der Waals surface area contributed by atoms with Crippen molar-refractivity contribution in [3.63, 3.8) is 0 Å². The van der Waals surface area contributed by atoms with E-state index in [1.54, 1.807) is 0 Å². The number of rotatable bonds is 1. The summed E-state index contributed by atoms with van der Waals surface area (Å²) in [5, 5.41) is 0. The van der Waals surface area contributed by atoms with Gasteiger partial charge in [0.2, 0.25) is 0 Å². The number of hydrogen-bond donors (Lipinski definition) is 1. The zero-order valence-corrected chi connectivity index (χ0v) is 9.49. The van der Waals surface area contributed by atoms with Gasteiger partial charge in [0.1, 0.15) is 5.65 Å². The number of fused-ring (bicyclic) bond motifs is 1. The van der Waals surface area contributed by atoms with E-state index in [2.05, 4.69) is 30.2 Å². The Bertz CT molecular complexity index is 477. The minimum atomic E-state index is 0.0424. The molecule has 0 saturated heterocycles. The quantitative estimate of drug-likeness (QED) is 0.771. The Morgan fingerprint density at radius 1 is 1.33 bits per heavy atom. The summed E-state index contributed by atoms with van der Waals surface area (Å²) in [5.41, 5.74) is 9.02. The van der Waals surface area contributed by atoms with E-state index >= 15 is 0 Å². The average molecular weight is 203 g/mol. The number of pyridine rings is 1. The zero-order valence-electron chi connectivity index (χ0n) is 9.49. The third-order valence-corrected chi connectivity index (χ3v) is 2.53. The van der Waals surface area contributed by atoms with Crippen LogP contribution in [0, 0.1) is 0 Å². The van der Waals surface area contributed by atoms with Gasteiger partial charge in [0.15, 0.2) is 0 Å². The highest BCUT2D eigenvalue weighted by Crippen LogP contribution is 2.25. The zero-order chi connectivity index (χ0) is 11.1. The van der Waals surface area contributed by atoms with Crippen molar-refractivity contribution >= 4 is 5.65 Å². The van der Waals surface area contributed by atoms with Crippen LogP contribution in [0.25, 0.3) is 5.65 Å². The number of aromatic nitrogens is 2. The van der Waals surface area contributed by atoms with E-state index in [9.17, 15) is 0 Å². The molecule has 0 bridgehead atoms. The van der Waals surface area contributed by atoms with Crippen LogP contribution >= 0.6 is 0 Å². The molecule has 3 nitrogen and oxygen atoms in total. The third kappa shape index (κ3) is 1.63. The minimum Gasteiger partial charge on any atom is -0.325 e. The van der Waals surface area contributed by atoms with E-state index in [0.717, 1.165) is 17.0 Å². The molecule has 0 radical (unpaired) electrons. The van der Waals surface area contributed by atoms with Crippen molar-refractivity contribution in [1.29, 1.82) is 0 Å². The molecule has 0 aliphatic carbocycles. The monoisotopic (exact) mass is 203 g/mol. The average Bonchev–Trinajstić information content (AvgIpc) is 2.55. The molecule has 0 aromatic carbocycles. The number of hydrogen-bond acceptors (Lipinski definition) is 2. The summed E-state index contributed by atoms with van der Waals surface area (Å²) in [6.07, 6.45) is 2.01. The second-order valence-corrected chi connectivity index (χ2v) is 4.79. The molecule has 0 unspecified atom stereocenters. The second-order valence-electron chi connectivity index (χ2n) is 4.79. The maximum Gasteiger partial charge on any atom is 0.137 e. The summed E-state index contributed by atoms with van der Waals surface area (Å²) < 4.78 is 2.07. The van der Waals surface area contributed by atoms with Crippen LogP contribution in [0.2, 0.25) is 0 Å². The topological polar surface area (TPSA) is 43.3 Å². The van der Waals surface area contributed by atoms with Crippen LogP contribution in [0.4, 0.5) is 0 Å². The second kappa shape index (κ2) is 3.35. The Labute approximate surface area is 89.9 Å². The van der Waals surface area contributed by atoms with Gasteiger partial charge in [-0.3, -0.25) is 0 Å². The Hall–Kier alpha value is -1.35. The first-order chi connectivity index (χ1) is 7.04. The Morgan fingerprint density at radius 2 is 2.07 bits per heavy atom. The summed E-state index contributed by atoms with van der Waals surface area (Å²) in [5.74, 6) is 0. The molecule has 3 heteroatoms. The van der Waals surface area contributed by atoms with Crippen molar-refractivity contribution in [2.24, 2.45) is 5.73 Å². The van der Waals surface area contributed by atoms with Crippen molar-refractivity contribution in [2.75, 3.05) is 0 Å². The van der Waals surface area contributed by atoms with Gasteiger partial charge in [-0.15, -0.1) is 0 Å². The fourth-order valence-electron chi connectivity index (χ4n) is 1.84. The lowest BCUT2D eigenvalue weighted by Gasteiger charge is -2.17. The van der Waals surface area contributed by atoms with Crippen LogP contribution in [-0.2, 0) is 12.0 Å². The van der Waals surface area contributed by atoms with E-state index in [4.69, 9.17) is 5.73 Å². The molecule has 0 spiro atoms. The van der Waals surface area contributed by atoms with Gasteiger partial charge in [-0.2, -0.15) is 0 Å². The van der Waals surface area contributed by atoms with Crippen molar-refractivity contribution in [3.8, 4) is 0 Å². The van der Waals surface area contributed by atoms with Crippen molar-refractivity contribution in [1.82, 2.24) is 9.38 Å². The molecular weight excluding hydrogens is 186 g/mol. The van der Waals surface area contributed by atoms with E-state index in [1.165, 1.54) is 0 Å². The molecule has 0 aliphatic heterocycles.